The van der Waals surface area contributed by atoms with Crippen molar-refractivity contribution in [3.63, 3.8) is 0 Å². The van der Waals surface area contributed by atoms with Crippen LogP contribution in [0, 0.1) is 6.92 Å². The number of anilines is 1. The molecule has 0 atom stereocenters. The normalized spacial score (nSPS) is 15.5. The number of morpholine rings is 1. The monoisotopic (exact) mass is 383 g/mol. The number of nitrogens with one attached hydrogen (secondary N) is 2. The molecule has 3 amide bonds. The fourth-order valence-corrected chi connectivity index (χ4v) is 3.19. The second-order valence-corrected chi connectivity index (χ2v) is 8.26. The topological polar surface area (TPSA) is 86.8 Å². The van der Waals surface area contributed by atoms with Gasteiger partial charge in [-0.05, 0) is 27.7 Å². The second-order valence-electron chi connectivity index (χ2n) is 7.40. The number of nitrogens with zero attached hydrogens (tertiary/aromatic N) is 3. The molecule has 8 nitrogen and oxygen atoms in total. The molecule has 1 aromatic rings. The van der Waals surface area contributed by atoms with Gasteiger partial charge in [0.2, 0.25) is 5.91 Å². The summed E-state index contributed by atoms with van der Waals surface area (Å²) in [4.78, 5) is 33.0. The van der Waals surface area contributed by atoms with Crippen LogP contribution >= 0.6 is 11.3 Å². The van der Waals surface area contributed by atoms with Crippen LogP contribution < -0.4 is 10.6 Å². The highest BCUT2D eigenvalue weighted by Crippen LogP contribution is 2.14. The number of aromatic nitrogens is 1. The molecule has 0 spiro atoms. The molecule has 2 rings (SSSR count). The fraction of sp³-hybridized carbons (Fsp3) is 0.706. The van der Waals surface area contributed by atoms with E-state index in [0.717, 1.165) is 18.8 Å². The minimum absolute atomic E-state index is 0.00905. The molecule has 1 aliphatic heterocycles. The van der Waals surface area contributed by atoms with Crippen molar-refractivity contribution < 1.29 is 14.3 Å². The Balaban J connectivity index is 1.93. The summed E-state index contributed by atoms with van der Waals surface area (Å²) in [6.07, 6.45) is 0. The number of carbonyl (C=O) groups excluding carboxylic acids is 2. The van der Waals surface area contributed by atoms with E-state index in [4.69, 9.17) is 4.74 Å². The van der Waals surface area contributed by atoms with Gasteiger partial charge in [0.1, 0.15) is 6.54 Å². The molecule has 1 aliphatic rings. The first-order chi connectivity index (χ1) is 12.2. The highest BCUT2D eigenvalue weighted by atomic mass is 32.1. The van der Waals surface area contributed by atoms with Crippen molar-refractivity contribution in [1.82, 2.24) is 20.1 Å². The van der Waals surface area contributed by atoms with Crippen LogP contribution in [0.4, 0.5) is 9.93 Å². The standard InChI is InChI=1S/C17H29N5O3S/c1-13-12-26-15(18-13)19-14(23)11-22(16(24)20-17(2,3)4)6-5-21-7-9-25-10-8-21/h12H,5-11H2,1-4H3,(H,20,24)(H,18,19,23). The largest absolute Gasteiger partial charge is 0.379 e. The highest BCUT2D eigenvalue weighted by molar-refractivity contribution is 7.13. The van der Waals surface area contributed by atoms with E-state index in [1.165, 1.54) is 11.3 Å². The molecule has 2 heterocycles. The van der Waals surface area contributed by atoms with Gasteiger partial charge in [-0.25, -0.2) is 9.78 Å². The number of hydrogen-bond acceptors (Lipinski definition) is 6. The third kappa shape index (κ3) is 7.27. The predicted octanol–water partition coefficient (Wildman–Crippen LogP) is 1.53. The molecule has 0 bridgehead atoms. The maximum atomic E-state index is 12.6. The van der Waals surface area contributed by atoms with Crippen molar-refractivity contribution >= 4 is 28.4 Å². The number of thiazole rings is 1. The Morgan fingerprint density at radius 3 is 2.62 bits per heavy atom. The molecule has 9 heteroatoms. The van der Waals surface area contributed by atoms with Gasteiger partial charge in [0.05, 0.1) is 18.9 Å². The molecule has 1 saturated heterocycles. The van der Waals surface area contributed by atoms with Gasteiger partial charge in [-0.15, -0.1) is 11.3 Å². The number of ether oxygens (including phenoxy) is 1. The van der Waals surface area contributed by atoms with Gasteiger partial charge in [0.15, 0.2) is 5.13 Å². The molecule has 146 valence electrons. The Hall–Kier alpha value is -1.71. The van der Waals surface area contributed by atoms with Crippen LogP contribution in [0.1, 0.15) is 26.5 Å². The van der Waals surface area contributed by atoms with Crippen molar-refractivity contribution in [1.29, 1.82) is 0 Å². The van der Waals surface area contributed by atoms with E-state index in [1.807, 2.05) is 33.1 Å². The molecule has 0 radical (unpaired) electrons. The lowest BCUT2D eigenvalue weighted by atomic mass is 10.1. The number of urea groups is 1. The molecule has 2 N–H and O–H groups in total. The summed E-state index contributed by atoms with van der Waals surface area (Å²) >= 11 is 1.38. The van der Waals surface area contributed by atoms with Gasteiger partial charge >= 0.3 is 6.03 Å². The lowest BCUT2D eigenvalue weighted by Crippen LogP contribution is -2.52. The zero-order valence-electron chi connectivity index (χ0n) is 16.0. The van der Waals surface area contributed by atoms with Gasteiger partial charge < -0.3 is 20.3 Å². The zero-order valence-corrected chi connectivity index (χ0v) is 16.8. The number of carbonyl (C=O) groups is 2. The quantitative estimate of drug-likeness (QED) is 0.778. The van der Waals surface area contributed by atoms with Crippen molar-refractivity contribution in [3.8, 4) is 0 Å². The second kappa shape index (κ2) is 9.29. The van der Waals surface area contributed by atoms with Crippen LogP contribution in [0.3, 0.4) is 0 Å². The Bertz CT molecular complexity index is 608. The van der Waals surface area contributed by atoms with Crippen LogP contribution in [0.5, 0.6) is 0 Å². The molecule has 0 saturated carbocycles. The van der Waals surface area contributed by atoms with E-state index in [1.54, 1.807) is 4.90 Å². The number of rotatable bonds is 6. The van der Waals surface area contributed by atoms with E-state index in [9.17, 15) is 9.59 Å². The maximum Gasteiger partial charge on any atom is 0.318 e. The summed E-state index contributed by atoms with van der Waals surface area (Å²) in [6.45, 7) is 11.9. The first-order valence-corrected chi connectivity index (χ1v) is 9.70. The van der Waals surface area contributed by atoms with E-state index in [0.29, 0.717) is 31.4 Å². The first kappa shape index (κ1) is 20.6. The highest BCUT2D eigenvalue weighted by Gasteiger charge is 2.23. The summed E-state index contributed by atoms with van der Waals surface area (Å²) in [7, 11) is 0. The lowest BCUT2D eigenvalue weighted by Gasteiger charge is -2.31. The third-order valence-corrected chi connectivity index (χ3v) is 4.63. The Morgan fingerprint density at radius 1 is 1.35 bits per heavy atom. The summed E-state index contributed by atoms with van der Waals surface area (Å²) in [5, 5.41) is 8.12. The summed E-state index contributed by atoms with van der Waals surface area (Å²) < 4.78 is 5.35. The number of aryl methyl sites for hydroxylation is 1. The summed E-state index contributed by atoms with van der Waals surface area (Å²) in [5.41, 5.74) is 0.497. The maximum absolute atomic E-state index is 12.6. The minimum Gasteiger partial charge on any atom is -0.379 e. The fourth-order valence-electron chi connectivity index (χ4n) is 2.48. The Kier molecular flexibility index (Phi) is 7.36. The van der Waals surface area contributed by atoms with Crippen molar-refractivity contribution in [2.45, 2.75) is 33.2 Å². The van der Waals surface area contributed by atoms with Crippen LogP contribution in [-0.4, -0.2) is 78.2 Å². The predicted molar refractivity (Wildman–Crippen MR) is 103 cm³/mol. The average molecular weight is 384 g/mol. The van der Waals surface area contributed by atoms with E-state index in [-0.39, 0.29) is 24.0 Å². The van der Waals surface area contributed by atoms with Crippen molar-refractivity contribution in [3.05, 3.63) is 11.1 Å². The Labute approximate surface area is 158 Å². The van der Waals surface area contributed by atoms with E-state index in [2.05, 4.69) is 20.5 Å². The number of hydrogen-bond donors (Lipinski definition) is 2. The molecule has 26 heavy (non-hydrogen) atoms. The summed E-state index contributed by atoms with van der Waals surface area (Å²) in [6, 6.07) is -0.240. The number of amides is 3. The lowest BCUT2D eigenvalue weighted by molar-refractivity contribution is -0.116. The van der Waals surface area contributed by atoms with Gasteiger partial charge in [0.25, 0.3) is 0 Å². The van der Waals surface area contributed by atoms with Gasteiger partial charge in [-0.3, -0.25) is 9.69 Å². The van der Waals surface area contributed by atoms with Gasteiger partial charge in [0, 0.05) is 37.1 Å². The molecular weight excluding hydrogens is 354 g/mol. The molecule has 1 fully saturated rings. The molecular formula is C17H29N5O3S. The van der Waals surface area contributed by atoms with E-state index >= 15 is 0 Å². The zero-order chi connectivity index (χ0) is 19.2. The van der Waals surface area contributed by atoms with Crippen LogP contribution in [0.15, 0.2) is 5.38 Å². The summed E-state index contributed by atoms with van der Waals surface area (Å²) in [5.74, 6) is -0.245. The van der Waals surface area contributed by atoms with Crippen molar-refractivity contribution in [2.75, 3.05) is 51.3 Å². The van der Waals surface area contributed by atoms with Crippen molar-refractivity contribution in [2.24, 2.45) is 0 Å². The van der Waals surface area contributed by atoms with Gasteiger partial charge in [-0.1, -0.05) is 0 Å². The first-order valence-electron chi connectivity index (χ1n) is 8.82. The molecule has 0 unspecified atom stereocenters. The Morgan fingerprint density at radius 2 is 2.04 bits per heavy atom. The third-order valence-electron chi connectivity index (χ3n) is 3.76. The average Bonchev–Trinajstić information content (AvgIpc) is 2.95. The van der Waals surface area contributed by atoms with Crippen LogP contribution in [0.25, 0.3) is 0 Å². The smallest absolute Gasteiger partial charge is 0.318 e. The van der Waals surface area contributed by atoms with E-state index < -0.39 is 0 Å². The van der Waals surface area contributed by atoms with Crippen LogP contribution in [-0.2, 0) is 9.53 Å². The molecule has 0 aliphatic carbocycles. The SMILES string of the molecule is Cc1csc(NC(=O)CN(CCN2CCOCC2)C(=O)NC(C)(C)C)n1. The molecule has 0 aromatic carbocycles. The minimum atomic E-state index is -0.364. The molecule has 1 aromatic heterocycles. The van der Waals surface area contributed by atoms with Crippen LogP contribution in [0.2, 0.25) is 0 Å². The van der Waals surface area contributed by atoms with Gasteiger partial charge in [-0.2, -0.15) is 0 Å².